The highest BCUT2D eigenvalue weighted by Gasteiger charge is 2.52. The van der Waals surface area contributed by atoms with Gasteiger partial charge in [0.2, 0.25) is 0 Å². The van der Waals surface area contributed by atoms with Crippen LogP contribution >= 0.6 is 0 Å². The topological polar surface area (TPSA) is 16.4 Å². The molecular formula is C64H43NO. The van der Waals surface area contributed by atoms with Crippen LogP contribution in [-0.2, 0) is 10.8 Å². The number of fused-ring (bicyclic) bond motifs is 16. The Morgan fingerprint density at radius 3 is 1.67 bits per heavy atom. The van der Waals surface area contributed by atoms with Gasteiger partial charge in [0.1, 0.15) is 11.2 Å². The molecule has 0 saturated carbocycles. The average Bonchev–Trinajstić information content (AvgIpc) is 4.07. The molecule has 3 aliphatic carbocycles. The smallest absolute Gasteiger partial charge is 0.136 e. The lowest BCUT2D eigenvalue weighted by atomic mass is 9.70. The second-order valence-corrected chi connectivity index (χ2v) is 18.7. The van der Waals surface area contributed by atoms with Gasteiger partial charge in [0.05, 0.1) is 16.8 Å². The summed E-state index contributed by atoms with van der Waals surface area (Å²) in [6, 6.07) is 83.4. The number of rotatable bonds is 5. The summed E-state index contributed by atoms with van der Waals surface area (Å²) in [6.07, 6.45) is 0. The fraction of sp³-hybridized carbons (Fsp3) is 0.0625. The molecule has 66 heavy (non-hydrogen) atoms. The maximum atomic E-state index is 6.43. The Kier molecular flexibility index (Phi) is 7.70. The lowest BCUT2D eigenvalue weighted by Crippen LogP contribution is -2.26. The van der Waals surface area contributed by atoms with Gasteiger partial charge < -0.3 is 9.32 Å². The van der Waals surface area contributed by atoms with E-state index in [9.17, 15) is 0 Å². The van der Waals surface area contributed by atoms with E-state index in [-0.39, 0.29) is 5.41 Å². The van der Waals surface area contributed by atoms with Crippen LogP contribution < -0.4 is 4.90 Å². The number of hydrogen-bond donors (Lipinski definition) is 0. The second-order valence-electron chi connectivity index (χ2n) is 18.7. The molecule has 0 aliphatic heterocycles. The van der Waals surface area contributed by atoms with Crippen molar-refractivity contribution < 1.29 is 4.42 Å². The molecule has 0 N–H and O–H groups in total. The molecule has 0 saturated heterocycles. The van der Waals surface area contributed by atoms with Gasteiger partial charge in [-0.3, -0.25) is 0 Å². The average molecular weight is 842 g/mol. The van der Waals surface area contributed by atoms with Crippen LogP contribution in [0.2, 0.25) is 0 Å². The van der Waals surface area contributed by atoms with Gasteiger partial charge in [-0.25, -0.2) is 0 Å². The second kappa shape index (κ2) is 13.7. The molecular weight excluding hydrogens is 799 g/mol. The van der Waals surface area contributed by atoms with E-state index in [1.807, 2.05) is 6.07 Å². The lowest BCUT2D eigenvalue weighted by molar-refractivity contribution is 0.660. The van der Waals surface area contributed by atoms with E-state index in [0.717, 1.165) is 61.3 Å². The fourth-order valence-electron chi connectivity index (χ4n) is 12.3. The van der Waals surface area contributed by atoms with Crippen molar-refractivity contribution in [2.45, 2.75) is 24.7 Å². The van der Waals surface area contributed by atoms with Crippen molar-refractivity contribution in [3.05, 3.63) is 258 Å². The van der Waals surface area contributed by atoms with Crippen LogP contribution in [0.4, 0.5) is 17.1 Å². The molecule has 0 atom stereocenters. The third-order valence-corrected chi connectivity index (χ3v) is 15.1. The summed E-state index contributed by atoms with van der Waals surface area (Å²) in [6.45, 7) is 4.76. The number of para-hydroxylation sites is 1. The van der Waals surface area contributed by atoms with Crippen molar-refractivity contribution in [1.29, 1.82) is 0 Å². The molecule has 14 rings (SSSR count). The molecule has 2 heteroatoms. The van der Waals surface area contributed by atoms with Gasteiger partial charge >= 0.3 is 0 Å². The molecule has 0 fully saturated rings. The van der Waals surface area contributed by atoms with Crippen molar-refractivity contribution in [2.24, 2.45) is 0 Å². The number of hydrogen-bond acceptors (Lipinski definition) is 2. The normalized spacial score (nSPS) is 14.2. The molecule has 0 radical (unpaired) electrons. The lowest BCUT2D eigenvalue weighted by Gasteiger charge is -2.33. The van der Waals surface area contributed by atoms with E-state index >= 15 is 0 Å². The Morgan fingerprint density at radius 1 is 0.348 bits per heavy atom. The van der Waals surface area contributed by atoms with E-state index in [0.29, 0.717) is 0 Å². The van der Waals surface area contributed by atoms with Crippen LogP contribution in [0.15, 0.2) is 229 Å². The highest BCUT2D eigenvalue weighted by atomic mass is 16.3. The molecule has 2 nitrogen and oxygen atoms in total. The summed E-state index contributed by atoms with van der Waals surface area (Å²) in [7, 11) is 0. The van der Waals surface area contributed by atoms with Crippen LogP contribution in [0, 0.1) is 0 Å². The van der Waals surface area contributed by atoms with Crippen LogP contribution in [0.25, 0.3) is 77.6 Å². The maximum Gasteiger partial charge on any atom is 0.136 e. The summed E-state index contributed by atoms with van der Waals surface area (Å²) in [5.41, 5.74) is 24.9. The summed E-state index contributed by atoms with van der Waals surface area (Å²) < 4.78 is 6.43. The number of anilines is 3. The number of nitrogens with zero attached hydrogens (tertiary/aromatic N) is 1. The van der Waals surface area contributed by atoms with E-state index in [2.05, 4.69) is 237 Å². The Labute approximate surface area is 384 Å². The maximum absolute atomic E-state index is 6.43. The zero-order valence-corrected chi connectivity index (χ0v) is 36.7. The minimum absolute atomic E-state index is 0.182. The predicted molar refractivity (Wildman–Crippen MR) is 273 cm³/mol. The summed E-state index contributed by atoms with van der Waals surface area (Å²) in [5, 5.41) is 2.26. The Balaban J connectivity index is 1.07. The van der Waals surface area contributed by atoms with Crippen LogP contribution in [-0.4, -0.2) is 0 Å². The molecule has 0 unspecified atom stereocenters. The van der Waals surface area contributed by atoms with Crippen molar-refractivity contribution in [3.8, 4) is 55.6 Å². The van der Waals surface area contributed by atoms with Gasteiger partial charge in [-0.1, -0.05) is 196 Å². The quantitative estimate of drug-likeness (QED) is 0.172. The molecule has 310 valence electrons. The van der Waals surface area contributed by atoms with Gasteiger partial charge in [-0.15, -0.1) is 0 Å². The molecule has 1 heterocycles. The molecule has 1 spiro atoms. The molecule has 0 bridgehead atoms. The van der Waals surface area contributed by atoms with Crippen molar-refractivity contribution in [2.75, 3.05) is 4.90 Å². The first-order chi connectivity index (χ1) is 32.5. The Bertz CT molecular complexity index is 3770. The van der Waals surface area contributed by atoms with Crippen LogP contribution in [0.3, 0.4) is 0 Å². The van der Waals surface area contributed by atoms with E-state index < -0.39 is 5.41 Å². The van der Waals surface area contributed by atoms with Crippen LogP contribution in [0.1, 0.15) is 47.2 Å². The van der Waals surface area contributed by atoms with Gasteiger partial charge in [0.15, 0.2) is 0 Å². The third kappa shape index (κ3) is 4.91. The standard InChI is InChI=1S/C64H43NO/c1-63(2)51-26-11-6-20-44(51)47-36-35-42(39-56(47)63)65(57-37-34-41(38-50(57)40-18-4-3-5-19-40)43-25-16-33-60-61(43)49-24-10-15-32-59(49)66-60)58-31-17-30-55-62(58)48-23-9-14-29-54(48)64(55)52-27-12-7-21-45(52)46-22-8-13-28-53(46)64/h3-39H,1-2H3. The van der Waals surface area contributed by atoms with Crippen molar-refractivity contribution >= 4 is 39.0 Å². The largest absolute Gasteiger partial charge is 0.456 e. The molecule has 11 aromatic rings. The van der Waals surface area contributed by atoms with E-state index in [4.69, 9.17) is 4.42 Å². The van der Waals surface area contributed by atoms with Gasteiger partial charge in [-0.2, -0.15) is 0 Å². The summed E-state index contributed by atoms with van der Waals surface area (Å²) >= 11 is 0. The summed E-state index contributed by atoms with van der Waals surface area (Å²) in [4.78, 5) is 2.57. The van der Waals surface area contributed by atoms with Gasteiger partial charge in [-0.05, 0) is 120 Å². The fourth-order valence-corrected chi connectivity index (χ4v) is 12.3. The van der Waals surface area contributed by atoms with Gasteiger partial charge in [0, 0.05) is 33.0 Å². The molecule has 10 aromatic carbocycles. The first-order valence-corrected chi connectivity index (χ1v) is 23.1. The monoisotopic (exact) mass is 841 g/mol. The van der Waals surface area contributed by atoms with E-state index in [1.165, 1.54) is 66.8 Å². The summed E-state index contributed by atoms with van der Waals surface area (Å²) in [5.74, 6) is 0. The zero-order chi connectivity index (χ0) is 43.7. The minimum atomic E-state index is -0.472. The van der Waals surface area contributed by atoms with E-state index in [1.54, 1.807) is 0 Å². The molecule has 0 amide bonds. The highest BCUT2D eigenvalue weighted by molar-refractivity contribution is 6.13. The SMILES string of the molecule is CC1(C)c2ccccc2-c2ccc(N(c3ccc(-c4cccc5oc6ccccc6c45)cc3-c3ccccc3)c3cccc4c3-c3ccccc3C43c4ccccc4-c4ccccc43)cc21. The predicted octanol–water partition coefficient (Wildman–Crippen LogP) is 17.0. The minimum Gasteiger partial charge on any atom is -0.456 e. The van der Waals surface area contributed by atoms with Crippen LogP contribution in [0.5, 0.6) is 0 Å². The first kappa shape index (κ1) is 37.2. The highest BCUT2D eigenvalue weighted by Crippen LogP contribution is 2.65. The zero-order valence-electron chi connectivity index (χ0n) is 36.7. The Morgan fingerprint density at radius 2 is 0.909 bits per heavy atom. The first-order valence-electron chi connectivity index (χ1n) is 23.1. The van der Waals surface area contributed by atoms with Crippen molar-refractivity contribution in [3.63, 3.8) is 0 Å². The van der Waals surface area contributed by atoms with Gasteiger partial charge in [0.25, 0.3) is 0 Å². The number of furan rings is 1. The molecule has 1 aromatic heterocycles. The number of benzene rings is 10. The third-order valence-electron chi connectivity index (χ3n) is 15.1. The molecule has 3 aliphatic rings. The van der Waals surface area contributed by atoms with Crippen molar-refractivity contribution in [1.82, 2.24) is 0 Å². The Hall–Kier alpha value is -8.20.